The summed E-state index contributed by atoms with van der Waals surface area (Å²) in [5.41, 5.74) is 3.43. The third-order valence-electron chi connectivity index (χ3n) is 6.38. The molecule has 0 spiro atoms. The van der Waals surface area contributed by atoms with Gasteiger partial charge in [0.15, 0.2) is 0 Å². The van der Waals surface area contributed by atoms with E-state index in [-0.39, 0.29) is 22.9 Å². The van der Waals surface area contributed by atoms with Gasteiger partial charge in [0.2, 0.25) is 5.43 Å². The molecule has 1 unspecified atom stereocenters. The molecule has 1 atom stereocenters. The van der Waals surface area contributed by atoms with Gasteiger partial charge in [-0.25, -0.2) is 4.98 Å². The molecule has 36 heavy (non-hydrogen) atoms. The number of nitrogens with zero attached hydrogens (tertiary/aromatic N) is 2. The highest BCUT2D eigenvalue weighted by molar-refractivity contribution is 6.31. The normalized spacial score (nSPS) is 13.9. The van der Waals surface area contributed by atoms with Gasteiger partial charge < -0.3 is 15.0 Å². The van der Waals surface area contributed by atoms with Gasteiger partial charge in [-0.05, 0) is 66.3 Å². The molecule has 1 aliphatic carbocycles. The molecule has 0 bridgehead atoms. The number of nitrogens with one attached hydrogen (secondary N) is 1. The Labute approximate surface area is 212 Å². The number of benzene rings is 2. The first kappa shape index (κ1) is 23.8. The summed E-state index contributed by atoms with van der Waals surface area (Å²) in [6, 6.07) is 16.7. The van der Waals surface area contributed by atoms with E-state index in [9.17, 15) is 19.5 Å². The van der Waals surface area contributed by atoms with Crippen LogP contribution in [0.3, 0.4) is 0 Å². The van der Waals surface area contributed by atoms with Crippen molar-refractivity contribution < 1.29 is 14.7 Å². The molecule has 1 aliphatic rings. The molecule has 0 aliphatic heterocycles. The lowest BCUT2D eigenvalue weighted by Gasteiger charge is -2.14. The molecule has 7 nitrogen and oxygen atoms in total. The molecule has 5 rings (SSSR count). The average molecular weight is 502 g/mol. The van der Waals surface area contributed by atoms with Crippen molar-refractivity contribution in [2.45, 2.75) is 32.2 Å². The van der Waals surface area contributed by atoms with E-state index >= 15 is 0 Å². The summed E-state index contributed by atoms with van der Waals surface area (Å²) < 4.78 is 1.76. The predicted molar refractivity (Wildman–Crippen MR) is 139 cm³/mol. The zero-order valence-electron chi connectivity index (χ0n) is 19.6. The standard InChI is InChI=1S/C28H24ClN3O4/c1-16(28(35)36)12-19-8-7-18(14-24(19)29)17-4-2-5-21(13-17)32-15-23(27(34)31-20-9-10-20)25(33)22-6-3-11-30-26(22)32/h2-8,11,13-16,20H,9-10,12H2,1H3,(H,31,34)(H,35,36). The number of fused-ring (bicyclic) bond motifs is 1. The Kier molecular flexibility index (Phi) is 6.33. The van der Waals surface area contributed by atoms with Crippen molar-refractivity contribution in [3.63, 3.8) is 0 Å². The quantitative estimate of drug-likeness (QED) is 0.376. The Hall–Kier alpha value is -3.97. The number of carboxylic acids is 1. The fraction of sp³-hybridized carbons (Fsp3) is 0.214. The first-order valence-corrected chi connectivity index (χ1v) is 12.1. The monoisotopic (exact) mass is 501 g/mol. The lowest BCUT2D eigenvalue weighted by molar-refractivity contribution is -0.141. The van der Waals surface area contributed by atoms with Gasteiger partial charge in [0, 0.05) is 29.1 Å². The summed E-state index contributed by atoms with van der Waals surface area (Å²) in [6.45, 7) is 1.65. The van der Waals surface area contributed by atoms with Gasteiger partial charge in [0.25, 0.3) is 5.91 Å². The molecule has 1 amide bonds. The highest BCUT2D eigenvalue weighted by Gasteiger charge is 2.26. The van der Waals surface area contributed by atoms with Crippen LogP contribution in [0.25, 0.3) is 27.8 Å². The molecular weight excluding hydrogens is 478 g/mol. The van der Waals surface area contributed by atoms with Crippen LogP contribution in [0.2, 0.25) is 5.02 Å². The van der Waals surface area contributed by atoms with Crippen LogP contribution in [0.15, 0.2) is 71.8 Å². The van der Waals surface area contributed by atoms with Crippen LogP contribution in [0.1, 0.15) is 35.7 Å². The molecule has 2 aromatic carbocycles. The molecular formula is C28H24ClN3O4. The minimum Gasteiger partial charge on any atom is -0.481 e. The Morgan fingerprint density at radius 1 is 1.14 bits per heavy atom. The van der Waals surface area contributed by atoms with Crippen LogP contribution >= 0.6 is 11.6 Å². The number of halogens is 1. The third kappa shape index (κ3) is 4.75. The number of carbonyl (C=O) groups is 2. The lowest BCUT2D eigenvalue weighted by Crippen LogP contribution is -2.31. The van der Waals surface area contributed by atoms with Gasteiger partial charge >= 0.3 is 5.97 Å². The van der Waals surface area contributed by atoms with E-state index in [0.717, 1.165) is 35.2 Å². The number of hydrogen-bond acceptors (Lipinski definition) is 4. The molecule has 2 aromatic heterocycles. The second-order valence-electron chi connectivity index (χ2n) is 9.16. The second-order valence-corrected chi connectivity index (χ2v) is 9.57. The first-order valence-electron chi connectivity index (χ1n) is 11.7. The molecule has 2 heterocycles. The predicted octanol–water partition coefficient (Wildman–Crippen LogP) is 4.86. The SMILES string of the molecule is CC(Cc1ccc(-c2cccc(-n3cc(C(=O)NC4CC4)c(=O)c4cccnc43)c2)cc1Cl)C(=O)O. The maximum absolute atomic E-state index is 13.1. The first-order chi connectivity index (χ1) is 17.3. The maximum Gasteiger partial charge on any atom is 0.306 e. The summed E-state index contributed by atoms with van der Waals surface area (Å²) in [7, 11) is 0. The highest BCUT2D eigenvalue weighted by atomic mass is 35.5. The number of aromatic nitrogens is 2. The van der Waals surface area contributed by atoms with Crippen molar-refractivity contribution in [3.8, 4) is 16.8 Å². The Balaban J connectivity index is 1.56. The molecule has 0 radical (unpaired) electrons. The summed E-state index contributed by atoms with van der Waals surface area (Å²) in [4.78, 5) is 41.5. The van der Waals surface area contributed by atoms with Gasteiger partial charge in [0.1, 0.15) is 11.2 Å². The zero-order valence-corrected chi connectivity index (χ0v) is 20.3. The van der Waals surface area contributed by atoms with Crippen molar-refractivity contribution >= 4 is 34.5 Å². The van der Waals surface area contributed by atoms with Crippen LogP contribution < -0.4 is 10.7 Å². The smallest absolute Gasteiger partial charge is 0.306 e. The number of rotatable bonds is 7. The number of hydrogen-bond donors (Lipinski definition) is 2. The van der Waals surface area contributed by atoms with Crippen molar-refractivity contribution in [2.75, 3.05) is 0 Å². The topological polar surface area (TPSA) is 101 Å². The van der Waals surface area contributed by atoms with Crippen molar-refractivity contribution in [1.29, 1.82) is 0 Å². The number of amides is 1. The minimum absolute atomic E-state index is 0.0766. The van der Waals surface area contributed by atoms with Crippen LogP contribution in [0.4, 0.5) is 0 Å². The van der Waals surface area contributed by atoms with E-state index in [1.54, 1.807) is 36.0 Å². The van der Waals surface area contributed by atoms with Crippen molar-refractivity contribution in [2.24, 2.45) is 5.92 Å². The maximum atomic E-state index is 13.1. The van der Waals surface area contributed by atoms with E-state index in [0.29, 0.717) is 22.5 Å². The summed E-state index contributed by atoms with van der Waals surface area (Å²) in [5.74, 6) is -1.78. The molecule has 1 saturated carbocycles. The van der Waals surface area contributed by atoms with E-state index < -0.39 is 11.9 Å². The van der Waals surface area contributed by atoms with Crippen LogP contribution in [-0.4, -0.2) is 32.6 Å². The van der Waals surface area contributed by atoms with Crippen LogP contribution in [0, 0.1) is 5.92 Å². The summed E-state index contributed by atoms with van der Waals surface area (Å²) in [5, 5.41) is 13.0. The van der Waals surface area contributed by atoms with E-state index in [4.69, 9.17) is 11.6 Å². The fourth-order valence-electron chi connectivity index (χ4n) is 4.15. The Morgan fingerprint density at radius 2 is 1.92 bits per heavy atom. The average Bonchev–Trinajstić information content (AvgIpc) is 3.69. The second kappa shape index (κ2) is 9.59. The minimum atomic E-state index is -0.866. The summed E-state index contributed by atoms with van der Waals surface area (Å²) in [6.07, 6.45) is 5.36. The number of carbonyl (C=O) groups excluding carboxylic acids is 1. The van der Waals surface area contributed by atoms with Crippen LogP contribution in [-0.2, 0) is 11.2 Å². The molecule has 1 fully saturated rings. The summed E-state index contributed by atoms with van der Waals surface area (Å²) >= 11 is 6.50. The Bertz CT molecular complexity index is 1560. The number of aliphatic carboxylic acids is 1. The molecule has 2 N–H and O–H groups in total. The lowest BCUT2D eigenvalue weighted by atomic mass is 9.98. The van der Waals surface area contributed by atoms with E-state index in [2.05, 4.69) is 10.3 Å². The Morgan fingerprint density at radius 3 is 2.64 bits per heavy atom. The van der Waals surface area contributed by atoms with E-state index in [1.165, 1.54) is 0 Å². The van der Waals surface area contributed by atoms with Crippen molar-refractivity contribution in [3.05, 3.63) is 93.4 Å². The van der Waals surface area contributed by atoms with Gasteiger partial charge in [-0.3, -0.25) is 14.4 Å². The third-order valence-corrected chi connectivity index (χ3v) is 6.73. The molecule has 0 saturated heterocycles. The zero-order chi connectivity index (χ0) is 25.4. The highest BCUT2D eigenvalue weighted by Crippen LogP contribution is 2.29. The molecule has 8 heteroatoms. The number of carboxylic acid groups (broad SMARTS) is 1. The van der Waals surface area contributed by atoms with Gasteiger partial charge in [-0.2, -0.15) is 0 Å². The van der Waals surface area contributed by atoms with Gasteiger partial charge in [-0.1, -0.05) is 42.8 Å². The van der Waals surface area contributed by atoms with Crippen LogP contribution in [0.5, 0.6) is 0 Å². The van der Waals surface area contributed by atoms with Gasteiger partial charge in [0.05, 0.1) is 11.3 Å². The fourth-order valence-corrected chi connectivity index (χ4v) is 4.41. The molecule has 4 aromatic rings. The largest absolute Gasteiger partial charge is 0.481 e. The number of pyridine rings is 2. The van der Waals surface area contributed by atoms with Gasteiger partial charge in [-0.15, -0.1) is 0 Å². The van der Waals surface area contributed by atoms with Crippen molar-refractivity contribution in [1.82, 2.24) is 14.9 Å². The van der Waals surface area contributed by atoms with E-state index in [1.807, 2.05) is 42.5 Å². The molecule has 182 valence electrons.